The van der Waals surface area contributed by atoms with Crippen LogP contribution in [0.25, 0.3) is 10.9 Å². The first-order valence-corrected chi connectivity index (χ1v) is 4.63. The number of carboxylic acid groups (broad SMARTS) is 1. The summed E-state index contributed by atoms with van der Waals surface area (Å²) < 4.78 is 0.940. The van der Waals surface area contributed by atoms with Crippen LogP contribution in [0.1, 0.15) is 10.5 Å². The molecule has 0 amide bonds. The molecule has 2 rings (SSSR count). The van der Waals surface area contributed by atoms with Crippen molar-refractivity contribution in [2.24, 2.45) is 0 Å². The van der Waals surface area contributed by atoms with E-state index in [0.717, 1.165) is 4.73 Å². The summed E-state index contributed by atoms with van der Waals surface area (Å²) in [7, 11) is 1.25. The maximum atomic E-state index is 11.1. The quantitative estimate of drug-likeness (QED) is 0.640. The van der Waals surface area contributed by atoms with Crippen molar-refractivity contribution in [3.05, 3.63) is 40.1 Å². The predicted molar refractivity (Wildman–Crippen MR) is 58.1 cm³/mol. The lowest BCUT2D eigenvalue weighted by atomic mass is 10.2. The first-order valence-electron chi connectivity index (χ1n) is 4.63. The number of carboxylic acids is 1. The van der Waals surface area contributed by atoms with Crippen molar-refractivity contribution in [1.82, 2.24) is 4.73 Å². The molecule has 0 aliphatic rings. The van der Waals surface area contributed by atoms with E-state index < -0.39 is 22.3 Å². The van der Waals surface area contributed by atoms with Crippen LogP contribution in [0.4, 0.5) is 5.69 Å². The fourth-order valence-corrected chi connectivity index (χ4v) is 1.76. The minimum atomic E-state index is -1.41. The van der Waals surface area contributed by atoms with Gasteiger partial charge in [0.15, 0.2) is 0 Å². The molecule has 2 aromatic rings. The van der Waals surface area contributed by atoms with E-state index in [2.05, 4.69) is 0 Å². The topological polar surface area (TPSA) is 94.6 Å². The van der Waals surface area contributed by atoms with Gasteiger partial charge < -0.3 is 9.94 Å². The summed E-state index contributed by atoms with van der Waals surface area (Å²) in [5.41, 5.74) is -0.604. The molecule has 7 heteroatoms. The molecule has 0 unspecified atom stereocenters. The van der Waals surface area contributed by atoms with Crippen LogP contribution in [-0.4, -0.2) is 27.8 Å². The van der Waals surface area contributed by atoms with Crippen molar-refractivity contribution in [2.45, 2.75) is 0 Å². The van der Waals surface area contributed by atoms with Crippen molar-refractivity contribution in [1.29, 1.82) is 0 Å². The second kappa shape index (κ2) is 3.78. The Labute approximate surface area is 94.9 Å². The Hall–Kier alpha value is -2.57. The number of para-hydroxylation sites is 1. The van der Waals surface area contributed by atoms with Crippen LogP contribution in [0.5, 0.6) is 0 Å². The molecule has 17 heavy (non-hydrogen) atoms. The third kappa shape index (κ3) is 1.48. The zero-order valence-corrected chi connectivity index (χ0v) is 8.78. The lowest BCUT2D eigenvalue weighted by molar-refractivity contribution is -0.383. The smallest absolute Gasteiger partial charge is 0.363 e. The molecular formula is C10H8N2O5. The van der Waals surface area contributed by atoms with Gasteiger partial charge in [0.2, 0.25) is 5.69 Å². The molecule has 0 aliphatic carbocycles. The molecule has 0 spiro atoms. The van der Waals surface area contributed by atoms with Gasteiger partial charge in [-0.05, 0) is 12.1 Å². The van der Waals surface area contributed by atoms with Crippen LogP contribution in [-0.2, 0) is 0 Å². The van der Waals surface area contributed by atoms with Crippen LogP contribution >= 0.6 is 0 Å². The van der Waals surface area contributed by atoms with E-state index in [9.17, 15) is 14.9 Å². The van der Waals surface area contributed by atoms with Crippen LogP contribution in [0.15, 0.2) is 24.3 Å². The van der Waals surface area contributed by atoms with Gasteiger partial charge in [0.25, 0.3) is 0 Å². The molecule has 0 atom stereocenters. The Kier molecular flexibility index (Phi) is 2.43. The molecule has 1 aromatic heterocycles. The lowest BCUT2D eigenvalue weighted by Gasteiger charge is -2.03. The highest BCUT2D eigenvalue weighted by Crippen LogP contribution is 2.31. The standard InChI is InChI=1S/C10H8N2O5/c1-17-11-7-5-3-2-4-6(7)8(12(15)16)9(11)10(13)14/h2-5H,1H3,(H,13,14). The fourth-order valence-electron chi connectivity index (χ4n) is 1.76. The summed E-state index contributed by atoms with van der Waals surface area (Å²) in [5, 5.41) is 20.2. The number of fused-ring (bicyclic) bond motifs is 1. The molecule has 0 aliphatic heterocycles. The van der Waals surface area contributed by atoms with Crippen LogP contribution in [0.3, 0.4) is 0 Å². The highest BCUT2D eigenvalue weighted by molar-refractivity contribution is 6.03. The van der Waals surface area contributed by atoms with Crippen molar-refractivity contribution in [3.63, 3.8) is 0 Å². The van der Waals surface area contributed by atoms with Crippen molar-refractivity contribution in [2.75, 3.05) is 7.11 Å². The molecule has 7 nitrogen and oxygen atoms in total. The third-order valence-corrected chi connectivity index (χ3v) is 2.37. The summed E-state index contributed by atoms with van der Waals surface area (Å²) in [6.45, 7) is 0. The minimum absolute atomic E-state index is 0.233. The van der Waals surface area contributed by atoms with E-state index in [4.69, 9.17) is 9.94 Å². The number of nitro groups is 1. The summed E-state index contributed by atoms with van der Waals surface area (Å²) in [6, 6.07) is 6.28. The maximum Gasteiger partial charge on any atom is 0.363 e. The second-order valence-corrected chi connectivity index (χ2v) is 3.25. The van der Waals surface area contributed by atoms with Crippen molar-refractivity contribution in [3.8, 4) is 0 Å². The normalized spacial score (nSPS) is 10.4. The van der Waals surface area contributed by atoms with Gasteiger partial charge in [-0.2, -0.15) is 4.73 Å². The van der Waals surface area contributed by atoms with Crippen molar-refractivity contribution < 1.29 is 19.7 Å². The number of carbonyl (C=O) groups is 1. The molecule has 0 bridgehead atoms. The first kappa shape index (κ1) is 10.9. The van der Waals surface area contributed by atoms with Gasteiger partial charge in [0, 0.05) is 0 Å². The Morgan fingerprint density at radius 1 is 1.47 bits per heavy atom. The van der Waals surface area contributed by atoms with E-state index in [1.165, 1.54) is 13.2 Å². The largest absolute Gasteiger partial charge is 0.476 e. The van der Waals surface area contributed by atoms with E-state index in [-0.39, 0.29) is 5.39 Å². The zero-order valence-electron chi connectivity index (χ0n) is 8.78. The average Bonchev–Trinajstić information content (AvgIpc) is 2.63. The van der Waals surface area contributed by atoms with E-state index in [1.807, 2.05) is 0 Å². The Morgan fingerprint density at radius 3 is 2.65 bits per heavy atom. The third-order valence-electron chi connectivity index (χ3n) is 2.37. The molecular weight excluding hydrogens is 228 g/mol. The van der Waals surface area contributed by atoms with Gasteiger partial charge in [-0.15, -0.1) is 0 Å². The molecule has 88 valence electrons. The van der Waals surface area contributed by atoms with Gasteiger partial charge in [-0.25, -0.2) is 4.79 Å². The number of benzene rings is 1. The fraction of sp³-hybridized carbons (Fsp3) is 0.100. The predicted octanol–water partition coefficient (Wildman–Crippen LogP) is 1.31. The number of aromatic nitrogens is 1. The van der Waals surface area contributed by atoms with E-state index >= 15 is 0 Å². The summed E-state index contributed by atoms with van der Waals surface area (Å²) in [4.78, 5) is 26.2. The Balaban J connectivity index is 2.97. The first-order chi connectivity index (χ1) is 8.07. The average molecular weight is 236 g/mol. The number of aromatic carboxylic acids is 1. The monoisotopic (exact) mass is 236 g/mol. The van der Waals surface area contributed by atoms with Crippen LogP contribution < -0.4 is 4.84 Å². The van der Waals surface area contributed by atoms with Crippen LogP contribution in [0, 0.1) is 10.1 Å². The van der Waals surface area contributed by atoms with Crippen LogP contribution in [0.2, 0.25) is 0 Å². The Morgan fingerprint density at radius 2 is 2.12 bits per heavy atom. The summed E-state index contributed by atoms with van der Waals surface area (Å²) in [5.74, 6) is -1.41. The molecule has 1 heterocycles. The number of rotatable bonds is 3. The van der Waals surface area contributed by atoms with Gasteiger partial charge in [-0.1, -0.05) is 12.1 Å². The van der Waals surface area contributed by atoms with Gasteiger partial charge in [0.1, 0.15) is 7.11 Å². The van der Waals surface area contributed by atoms with Gasteiger partial charge in [0.05, 0.1) is 15.8 Å². The highest BCUT2D eigenvalue weighted by Gasteiger charge is 2.31. The summed E-state index contributed by atoms with van der Waals surface area (Å²) in [6.07, 6.45) is 0. The molecule has 0 radical (unpaired) electrons. The molecule has 1 N–H and O–H groups in total. The lowest BCUT2D eigenvalue weighted by Crippen LogP contribution is -2.14. The number of nitrogens with zero attached hydrogens (tertiary/aromatic N) is 2. The second-order valence-electron chi connectivity index (χ2n) is 3.25. The number of hydrogen-bond donors (Lipinski definition) is 1. The van der Waals surface area contributed by atoms with Gasteiger partial charge in [-0.3, -0.25) is 10.1 Å². The minimum Gasteiger partial charge on any atom is -0.476 e. The highest BCUT2D eigenvalue weighted by atomic mass is 16.7. The molecule has 1 aromatic carbocycles. The SMILES string of the molecule is COn1c(C(=O)O)c([N+](=O)[O-])c2ccccc21. The van der Waals surface area contributed by atoms with E-state index in [0.29, 0.717) is 5.52 Å². The Bertz CT molecular complexity index is 616. The molecule has 0 saturated carbocycles. The molecule has 0 fully saturated rings. The zero-order chi connectivity index (χ0) is 12.6. The number of hydrogen-bond acceptors (Lipinski definition) is 4. The molecule has 0 saturated heterocycles. The van der Waals surface area contributed by atoms with Crippen molar-refractivity contribution >= 4 is 22.6 Å². The summed E-state index contributed by atoms with van der Waals surface area (Å²) >= 11 is 0. The van der Waals surface area contributed by atoms with Gasteiger partial charge >= 0.3 is 11.7 Å². The maximum absolute atomic E-state index is 11.1. The van der Waals surface area contributed by atoms with E-state index in [1.54, 1.807) is 18.2 Å².